The highest BCUT2D eigenvalue weighted by molar-refractivity contribution is 5.26. The van der Waals surface area contributed by atoms with E-state index in [-0.39, 0.29) is 6.10 Å². The second-order valence-corrected chi connectivity index (χ2v) is 6.23. The number of benzene rings is 1. The topological polar surface area (TPSA) is 20.2 Å². The van der Waals surface area contributed by atoms with E-state index in [2.05, 4.69) is 45.0 Å². The highest BCUT2D eigenvalue weighted by atomic mass is 16.3. The van der Waals surface area contributed by atoms with Crippen molar-refractivity contribution >= 4 is 0 Å². The van der Waals surface area contributed by atoms with Gasteiger partial charge in [-0.3, -0.25) is 0 Å². The predicted molar refractivity (Wildman–Crippen MR) is 76.6 cm³/mol. The van der Waals surface area contributed by atoms with Crippen molar-refractivity contribution < 1.29 is 5.11 Å². The fraction of sp³-hybridized carbons (Fsp3) is 0.647. The Bertz CT molecular complexity index is 385. The number of aliphatic hydroxyl groups is 1. The minimum atomic E-state index is -0.166. The molecule has 1 N–H and O–H groups in total. The Morgan fingerprint density at radius 3 is 2.56 bits per heavy atom. The van der Waals surface area contributed by atoms with Gasteiger partial charge in [0.2, 0.25) is 0 Å². The van der Waals surface area contributed by atoms with Crippen LogP contribution >= 0.6 is 0 Å². The van der Waals surface area contributed by atoms with E-state index in [1.807, 2.05) is 0 Å². The van der Waals surface area contributed by atoms with E-state index in [9.17, 15) is 5.11 Å². The SMILES string of the molecule is Cc1ccccc1CC(O)C1CCC(C)C(C)C1. The van der Waals surface area contributed by atoms with Gasteiger partial charge in [0.25, 0.3) is 0 Å². The van der Waals surface area contributed by atoms with Crippen LogP contribution in [0.4, 0.5) is 0 Å². The molecule has 18 heavy (non-hydrogen) atoms. The molecule has 0 bridgehead atoms. The van der Waals surface area contributed by atoms with E-state index in [4.69, 9.17) is 0 Å². The van der Waals surface area contributed by atoms with Gasteiger partial charge < -0.3 is 5.11 Å². The Morgan fingerprint density at radius 1 is 1.17 bits per heavy atom. The van der Waals surface area contributed by atoms with Crippen LogP contribution in [-0.2, 0) is 6.42 Å². The molecule has 0 amide bonds. The maximum Gasteiger partial charge on any atom is 0.0608 e. The van der Waals surface area contributed by atoms with E-state index < -0.39 is 0 Å². The number of aryl methyl sites for hydroxylation is 1. The van der Waals surface area contributed by atoms with Crippen LogP contribution in [0.1, 0.15) is 44.2 Å². The van der Waals surface area contributed by atoms with Gasteiger partial charge >= 0.3 is 0 Å². The largest absolute Gasteiger partial charge is 0.392 e. The first-order valence-electron chi connectivity index (χ1n) is 7.30. The molecule has 0 radical (unpaired) electrons. The predicted octanol–water partition coefficient (Wildman–Crippen LogP) is 3.97. The molecule has 0 saturated heterocycles. The van der Waals surface area contributed by atoms with Crippen LogP contribution in [0.2, 0.25) is 0 Å². The highest BCUT2D eigenvalue weighted by Crippen LogP contribution is 2.35. The number of rotatable bonds is 3. The summed E-state index contributed by atoms with van der Waals surface area (Å²) in [4.78, 5) is 0. The van der Waals surface area contributed by atoms with Crippen LogP contribution in [0.5, 0.6) is 0 Å². The van der Waals surface area contributed by atoms with Gasteiger partial charge in [-0.1, -0.05) is 44.5 Å². The summed E-state index contributed by atoms with van der Waals surface area (Å²) in [6.45, 7) is 6.81. The number of hydrogen-bond acceptors (Lipinski definition) is 1. The summed E-state index contributed by atoms with van der Waals surface area (Å²) >= 11 is 0. The van der Waals surface area contributed by atoms with Crippen LogP contribution < -0.4 is 0 Å². The van der Waals surface area contributed by atoms with Gasteiger partial charge in [0.15, 0.2) is 0 Å². The van der Waals surface area contributed by atoms with Gasteiger partial charge in [-0.15, -0.1) is 0 Å². The molecular formula is C17H26O. The monoisotopic (exact) mass is 246 g/mol. The van der Waals surface area contributed by atoms with E-state index >= 15 is 0 Å². The summed E-state index contributed by atoms with van der Waals surface area (Å²) in [5.41, 5.74) is 2.60. The fourth-order valence-corrected chi connectivity index (χ4v) is 3.17. The maximum atomic E-state index is 10.5. The highest BCUT2D eigenvalue weighted by Gasteiger charge is 2.29. The third-order valence-electron chi connectivity index (χ3n) is 4.87. The fourth-order valence-electron chi connectivity index (χ4n) is 3.17. The first-order chi connectivity index (χ1) is 8.58. The quantitative estimate of drug-likeness (QED) is 0.855. The summed E-state index contributed by atoms with van der Waals surface area (Å²) in [6.07, 6.45) is 4.31. The lowest BCUT2D eigenvalue weighted by Crippen LogP contribution is -2.30. The van der Waals surface area contributed by atoms with E-state index in [1.165, 1.54) is 30.4 Å². The van der Waals surface area contributed by atoms with Crippen LogP contribution in [0, 0.1) is 24.7 Å². The van der Waals surface area contributed by atoms with Crippen molar-refractivity contribution in [3.8, 4) is 0 Å². The Kier molecular flexibility index (Phi) is 4.45. The Labute approximate surface area is 111 Å². The van der Waals surface area contributed by atoms with Crippen molar-refractivity contribution in [1.29, 1.82) is 0 Å². The molecule has 1 fully saturated rings. The number of aliphatic hydroxyl groups excluding tert-OH is 1. The minimum absolute atomic E-state index is 0.166. The van der Waals surface area contributed by atoms with Gasteiger partial charge in [0.1, 0.15) is 0 Å². The zero-order valence-electron chi connectivity index (χ0n) is 11.9. The Hall–Kier alpha value is -0.820. The van der Waals surface area contributed by atoms with Crippen molar-refractivity contribution in [1.82, 2.24) is 0 Å². The molecule has 1 aromatic rings. The average molecular weight is 246 g/mol. The van der Waals surface area contributed by atoms with Gasteiger partial charge in [-0.05, 0) is 55.1 Å². The molecule has 1 nitrogen and oxygen atoms in total. The summed E-state index contributed by atoms with van der Waals surface area (Å²) < 4.78 is 0. The lowest BCUT2D eigenvalue weighted by Gasteiger charge is -2.34. The Morgan fingerprint density at radius 2 is 1.89 bits per heavy atom. The van der Waals surface area contributed by atoms with E-state index in [0.717, 1.165) is 18.3 Å². The third-order valence-corrected chi connectivity index (χ3v) is 4.87. The maximum absolute atomic E-state index is 10.5. The summed E-state index contributed by atoms with van der Waals surface area (Å²) in [5, 5.41) is 10.5. The van der Waals surface area contributed by atoms with Gasteiger partial charge in [-0.25, -0.2) is 0 Å². The average Bonchev–Trinajstić information content (AvgIpc) is 2.35. The van der Waals surface area contributed by atoms with E-state index in [1.54, 1.807) is 0 Å². The van der Waals surface area contributed by atoms with Crippen LogP contribution in [0.3, 0.4) is 0 Å². The van der Waals surface area contributed by atoms with Crippen LogP contribution in [-0.4, -0.2) is 11.2 Å². The molecule has 1 heteroatoms. The Balaban J connectivity index is 1.96. The zero-order valence-corrected chi connectivity index (χ0v) is 11.9. The molecule has 2 rings (SSSR count). The molecule has 1 aromatic carbocycles. The lowest BCUT2D eigenvalue weighted by molar-refractivity contribution is 0.0569. The third kappa shape index (κ3) is 3.14. The summed E-state index contributed by atoms with van der Waals surface area (Å²) in [6, 6.07) is 8.41. The summed E-state index contributed by atoms with van der Waals surface area (Å²) in [5.74, 6) is 2.08. The molecule has 0 spiro atoms. The van der Waals surface area contributed by atoms with Gasteiger partial charge in [0.05, 0.1) is 6.10 Å². The lowest BCUT2D eigenvalue weighted by atomic mass is 9.73. The molecule has 1 aliphatic carbocycles. The second-order valence-electron chi connectivity index (χ2n) is 6.23. The summed E-state index contributed by atoms with van der Waals surface area (Å²) in [7, 11) is 0. The van der Waals surface area contributed by atoms with Crippen LogP contribution in [0.25, 0.3) is 0 Å². The first kappa shape index (κ1) is 13.6. The molecule has 0 heterocycles. The van der Waals surface area contributed by atoms with Crippen molar-refractivity contribution in [2.45, 2.75) is 52.6 Å². The molecule has 1 saturated carbocycles. The minimum Gasteiger partial charge on any atom is -0.392 e. The standard InChI is InChI=1S/C17H26O/c1-12-8-9-16(10-14(12)3)17(18)11-15-7-5-4-6-13(15)2/h4-7,12,14,16-18H,8-11H2,1-3H3. The van der Waals surface area contributed by atoms with Crippen molar-refractivity contribution in [3.63, 3.8) is 0 Å². The molecular weight excluding hydrogens is 220 g/mol. The second kappa shape index (κ2) is 5.88. The normalized spacial score (nSPS) is 30.1. The zero-order chi connectivity index (χ0) is 13.1. The van der Waals surface area contributed by atoms with E-state index in [0.29, 0.717) is 5.92 Å². The van der Waals surface area contributed by atoms with Crippen LogP contribution in [0.15, 0.2) is 24.3 Å². The number of hydrogen-bond donors (Lipinski definition) is 1. The van der Waals surface area contributed by atoms with Crippen molar-refractivity contribution in [2.24, 2.45) is 17.8 Å². The first-order valence-corrected chi connectivity index (χ1v) is 7.30. The van der Waals surface area contributed by atoms with Crippen molar-refractivity contribution in [2.75, 3.05) is 0 Å². The smallest absolute Gasteiger partial charge is 0.0608 e. The van der Waals surface area contributed by atoms with Gasteiger partial charge in [0, 0.05) is 0 Å². The van der Waals surface area contributed by atoms with Crippen molar-refractivity contribution in [3.05, 3.63) is 35.4 Å². The van der Waals surface area contributed by atoms with Gasteiger partial charge in [-0.2, -0.15) is 0 Å². The molecule has 4 unspecified atom stereocenters. The molecule has 1 aliphatic rings. The molecule has 4 atom stereocenters. The molecule has 0 aliphatic heterocycles. The molecule has 100 valence electrons. The molecule has 0 aromatic heterocycles.